The zero-order valence-corrected chi connectivity index (χ0v) is 15.2. The minimum Gasteiger partial charge on any atom is -0.291 e. The molecule has 0 aromatic heterocycles. The second kappa shape index (κ2) is 6.58. The average Bonchev–Trinajstić information content (AvgIpc) is 2.88. The fourth-order valence-electron chi connectivity index (χ4n) is 3.37. The summed E-state index contributed by atoms with van der Waals surface area (Å²) in [6.45, 7) is 2.08. The van der Waals surface area contributed by atoms with Crippen molar-refractivity contribution in [1.82, 2.24) is 4.90 Å². The van der Waals surface area contributed by atoms with E-state index in [2.05, 4.69) is 39.0 Å². The molecule has 0 aliphatic carbocycles. The number of carbonyl (C=O) groups excluding carboxylic acids is 2. The zero-order chi connectivity index (χ0) is 17.4. The number of nitrogens with zero attached hydrogens (tertiary/aromatic N) is 2. The molecule has 0 unspecified atom stereocenters. The Morgan fingerprint density at radius 2 is 1.84 bits per heavy atom. The highest BCUT2D eigenvalue weighted by Crippen LogP contribution is 2.32. The van der Waals surface area contributed by atoms with Gasteiger partial charge in [-0.15, -0.1) is 0 Å². The van der Waals surface area contributed by atoms with E-state index in [1.54, 1.807) is 11.0 Å². The van der Waals surface area contributed by atoms with E-state index in [-0.39, 0.29) is 0 Å². The van der Waals surface area contributed by atoms with E-state index in [9.17, 15) is 9.59 Å². The molecule has 25 heavy (non-hydrogen) atoms. The van der Waals surface area contributed by atoms with E-state index in [4.69, 9.17) is 0 Å². The summed E-state index contributed by atoms with van der Waals surface area (Å²) in [6, 6.07) is 15.8. The van der Waals surface area contributed by atoms with Gasteiger partial charge in [-0.05, 0) is 35.8 Å². The van der Waals surface area contributed by atoms with Crippen LogP contribution in [0, 0.1) is 0 Å². The van der Waals surface area contributed by atoms with E-state index >= 15 is 0 Å². The smallest absolute Gasteiger partial charge is 0.291 e. The summed E-state index contributed by atoms with van der Waals surface area (Å²) in [5.74, 6) is -0.861. The van der Waals surface area contributed by atoms with Gasteiger partial charge in [-0.3, -0.25) is 19.4 Å². The van der Waals surface area contributed by atoms with Crippen molar-refractivity contribution in [3.63, 3.8) is 0 Å². The summed E-state index contributed by atoms with van der Waals surface area (Å²) in [5.41, 5.74) is 3.78. The number of hydrogen-bond donors (Lipinski definition) is 0. The Labute approximate surface area is 154 Å². The lowest BCUT2D eigenvalue weighted by atomic mass is 10.00. The quantitative estimate of drug-likeness (QED) is 0.742. The molecule has 5 heteroatoms. The van der Waals surface area contributed by atoms with Gasteiger partial charge in [-0.1, -0.05) is 52.3 Å². The molecule has 0 spiro atoms. The standard InChI is InChI=1S/C20H17BrN2O2/c21-16-6-7-18-17(12-16)19(24)20(25)23(18)13-22-10-8-15(9-11-22)14-4-2-1-3-5-14/h1-8,12H,9-11,13H2. The summed E-state index contributed by atoms with van der Waals surface area (Å²) in [7, 11) is 0. The zero-order valence-electron chi connectivity index (χ0n) is 13.6. The molecule has 0 atom stereocenters. The molecule has 1 amide bonds. The Hall–Kier alpha value is -2.24. The van der Waals surface area contributed by atoms with Crippen LogP contribution in [0.15, 0.2) is 59.1 Å². The molecule has 0 saturated carbocycles. The van der Waals surface area contributed by atoms with Crippen LogP contribution in [0.2, 0.25) is 0 Å². The van der Waals surface area contributed by atoms with Crippen LogP contribution in [-0.4, -0.2) is 36.3 Å². The highest BCUT2D eigenvalue weighted by atomic mass is 79.9. The van der Waals surface area contributed by atoms with Crippen molar-refractivity contribution in [2.24, 2.45) is 0 Å². The van der Waals surface area contributed by atoms with Gasteiger partial charge in [-0.25, -0.2) is 0 Å². The third-order valence-corrected chi connectivity index (χ3v) is 5.21. The maximum atomic E-state index is 12.4. The van der Waals surface area contributed by atoms with E-state index in [1.807, 2.05) is 30.3 Å². The largest absolute Gasteiger partial charge is 0.300 e. The molecule has 0 saturated heterocycles. The first-order chi connectivity index (χ1) is 12.1. The monoisotopic (exact) mass is 396 g/mol. The molecule has 2 aromatic carbocycles. The fourth-order valence-corrected chi connectivity index (χ4v) is 3.73. The van der Waals surface area contributed by atoms with Crippen LogP contribution in [0.5, 0.6) is 0 Å². The number of amides is 1. The lowest BCUT2D eigenvalue weighted by Crippen LogP contribution is -2.42. The van der Waals surface area contributed by atoms with E-state index < -0.39 is 11.7 Å². The Kier molecular flexibility index (Phi) is 4.27. The number of fused-ring (bicyclic) bond motifs is 1. The summed E-state index contributed by atoms with van der Waals surface area (Å²) in [4.78, 5) is 28.3. The second-order valence-electron chi connectivity index (χ2n) is 6.29. The third kappa shape index (κ3) is 3.05. The first-order valence-corrected chi connectivity index (χ1v) is 9.05. The van der Waals surface area contributed by atoms with Crippen molar-refractivity contribution in [2.45, 2.75) is 6.42 Å². The fraction of sp³-hybridized carbons (Fsp3) is 0.200. The van der Waals surface area contributed by atoms with Gasteiger partial charge in [0.1, 0.15) is 0 Å². The SMILES string of the molecule is O=C1C(=O)N(CN2CC=C(c3ccccc3)CC2)c2ccc(Br)cc21. The van der Waals surface area contributed by atoms with Crippen molar-refractivity contribution < 1.29 is 9.59 Å². The number of halogens is 1. The lowest BCUT2D eigenvalue weighted by molar-refractivity contribution is -0.114. The number of benzene rings is 2. The molecule has 2 aromatic rings. The van der Waals surface area contributed by atoms with E-state index in [0.717, 1.165) is 24.0 Å². The van der Waals surface area contributed by atoms with Crippen LogP contribution >= 0.6 is 15.9 Å². The Balaban J connectivity index is 1.50. The molecule has 126 valence electrons. The van der Waals surface area contributed by atoms with Gasteiger partial charge in [0, 0.05) is 17.6 Å². The Morgan fingerprint density at radius 3 is 2.56 bits per heavy atom. The van der Waals surface area contributed by atoms with Crippen LogP contribution in [0.4, 0.5) is 5.69 Å². The maximum Gasteiger partial charge on any atom is 0.300 e. The van der Waals surface area contributed by atoms with Gasteiger partial charge in [0.15, 0.2) is 0 Å². The summed E-state index contributed by atoms with van der Waals surface area (Å²) in [5, 5.41) is 0. The van der Waals surface area contributed by atoms with E-state index in [1.165, 1.54) is 11.1 Å². The molecule has 0 radical (unpaired) electrons. The highest BCUT2D eigenvalue weighted by molar-refractivity contribution is 9.10. The third-order valence-electron chi connectivity index (χ3n) is 4.71. The van der Waals surface area contributed by atoms with Crippen LogP contribution in [0.1, 0.15) is 22.3 Å². The van der Waals surface area contributed by atoms with Gasteiger partial charge >= 0.3 is 5.91 Å². The molecule has 4 nitrogen and oxygen atoms in total. The van der Waals surface area contributed by atoms with Crippen molar-refractivity contribution in [2.75, 3.05) is 24.7 Å². The van der Waals surface area contributed by atoms with Crippen LogP contribution in [0.3, 0.4) is 0 Å². The number of ketones is 1. The highest BCUT2D eigenvalue weighted by Gasteiger charge is 2.36. The lowest BCUT2D eigenvalue weighted by Gasteiger charge is -2.30. The van der Waals surface area contributed by atoms with Crippen LogP contribution in [0.25, 0.3) is 5.57 Å². The molecule has 4 rings (SSSR count). The minimum absolute atomic E-state index is 0.422. The predicted octanol–water partition coefficient (Wildman–Crippen LogP) is 3.73. The molecule has 2 aliphatic rings. The minimum atomic E-state index is -0.439. The summed E-state index contributed by atoms with van der Waals surface area (Å²) < 4.78 is 0.808. The molecule has 0 bridgehead atoms. The van der Waals surface area contributed by atoms with Crippen LogP contribution in [-0.2, 0) is 4.79 Å². The van der Waals surface area contributed by atoms with Gasteiger partial charge < -0.3 is 0 Å². The molecule has 2 heterocycles. The Bertz CT molecular complexity index is 877. The van der Waals surface area contributed by atoms with Crippen LogP contribution < -0.4 is 4.90 Å². The van der Waals surface area contributed by atoms with E-state index in [0.29, 0.717) is 17.9 Å². The average molecular weight is 397 g/mol. The summed E-state index contributed by atoms with van der Waals surface area (Å²) in [6.07, 6.45) is 3.15. The van der Waals surface area contributed by atoms with Crippen molar-refractivity contribution in [1.29, 1.82) is 0 Å². The topological polar surface area (TPSA) is 40.6 Å². The van der Waals surface area contributed by atoms with Crippen molar-refractivity contribution >= 4 is 38.9 Å². The van der Waals surface area contributed by atoms with Gasteiger partial charge in [-0.2, -0.15) is 0 Å². The predicted molar refractivity (Wildman–Crippen MR) is 101 cm³/mol. The number of anilines is 1. The molecule has 0 fully saturated rings. The van der Waals surface area contributed by atoms with Gasteiger partial charge in [0.05, 0.1) is 17.9 Å². The van der Waals surface area contributed by atoms with Crippen molar-refractivity contribution in [3.8, 4) is 0 Å². The summed E-state index contributed by atoms with van der Waals surface area (Å²) >= 11 is 3.36. The normalized spacial score (nSPS) is 17.6. The number of carbonyl (C=O) groups is 2. The second-order valence-corrected chi connectivity index (χ2v) is 7.20. The molecule has 0 N–H and O–H groups in total. The number of rotatable bonds is 3. The van der Waals surface area contributed by atoms with Crippen molar-refractivity contribution in [3.05, 3.63) is 70.2 Å². The first-order valence-electron chi connectivity index (χ1n) is 8.26. The maximum absolute atomic E-state index is 12.4. The first kappa shape index (κ1) is 16.2. The van der Waals surface area contributed by atoms with Gasteiger partial charge in [0.2, 0.25) is 0 Å². The molecule has 2 aliphatic heterocycles. The molecular weight excluding hydrogens is 380 g/mol. The number of hydrogen-bond acceptors (Lipinski definition) is 3. The molecular formula is C20H17BrN2O2. The van der Waals surface area contributed by atoms with Gasteiger partial charge in [0.25, 0.3) is 5.78 Å². The Morgan fingerprint density at radius 1 is 1.04 bits per heavy atom. The number of Topliss-reactive ketones (excluding diaryl/α,β-unsaturated/α-hetero) is 1.